The maximum Gasteiger partial charge on any atom is 0.321 e. The number of aliphatic hydroxyl groups is 1. The van der Waals surface area contributed by atoms with Gasteiger partial charge >= 0.3 is 6.03 Å². The van der Waals surface area contributed by atoms with E-state index in [4.69, 9.17) is 5.11 Å². The second-order valence-electron chi connectivity index (χ2n) is 3.87. The maximum absolute atomic E-state index is 11.8. The number of urea groups is 1. The zero-order valence-electron chi connectivity index (χ0n) is 10.6. The number of rotatable bonds is 5. The van der Waals surface area contributed by atoms with Crippen LogP contribution in [0, 0.1) is 0 Å². The number of carbonyl (C=O) groups is 2. The number of hydrogen-bond donors (Lipinski definition) is 2. The molecule has 1 rings (SSSR count). The van der Waals surface area contributed by atoms with Gasteiger partial charge in [0.1, 0.15) is 0 Å². The van der Waals surface area contributed by atoms with Crippen LogP contribution in [0.1, 0.15) is 24.2 Å². The first-order valence-electron chi connectivity index (χ1n) is 5.86. The van der Waals surface area contributed by atoms with Crippen molar-refractivity contribution in [3.8, 4) is 0 Å². The largest absolute Gasteiger partial charge is 0.395 e. The Balaban J connectivity index is 2.66. The molecule has 0 aliphatic rings. The quantitative estimate of drug-likeness (QED) is 0.782. The fourth-order valence-corrected chi connectivity index (χ4v) is 1.51. The van der Waals surface area contributed by atoms with E-state index in [9.17, 15) is 9.59 Å². The zero-order valence-corrected chi connectivity index (χ0v) is 10.6. The highest BCUT2D eigenvalue weighted by Gasteiger charge is 2.10. The van der Waals surface area contributed by atoms with E-state index < -0.39 is 0 Å². The minimum Gasteiger partial charge on any atom is -0.395 e. The number of Topliss-reactive ketones (excluding diaryl/α,β-unsaturated/α-hetero) is 1. The third-order valence-electron chi connectivity index (χ3n) is 2.58. The Morgan fingerprint density at radius 2 is 1.89 bits per heavy atom. The van der Waals surface area contributed by atoms with Gasteiger partial charge in [0, 0.05) is 24.3 Å². The van der Waals surface area contributed by atoms with Crippen LogP contribution in [0.2, 0.25) is 0 Å². The predicted molar refractivity (Wildman–Crippen MR) is 69.8 cm³/mol. The molecular weight excluding hydrogens is 232 g/mol. The number of nitrogens with one attached hydrogen (secondary N) is 1. The predicted octanol–water partition coefficient (Wildman–Crippen LogP) is 1.74. The molecule has 0 radical (unpaired) electrons. The minimum atomic E-state index is -0.262. The monoisotopic (exact) mass is 250 g/mol. The van der Waals surface area contributed by atoms with Gasteiger partial charge in [-0.2, -0.15) is 0 Å². The molecule has 5 heteroatoms. The van der Waals surface area contributed by atoms with Crippen molar-refractivity contribution < 1.29 is 14.7 Å². The first kappa shape index (κ1) is 14.2. The molecule has 0 saturated heterocycles. The normalized spacial score (nSPS) is 9.94. The van der Waals surface area contributed by atoms with Gasteiger partial charge in [-0.15, -0.1) is 0 Å². The highest BCUT2D eigenvalue weighted by molar-refractivity contribution is 5.95. The van der Waals surface area contributed by atoms with Gasteiger partial charge in [0.05, 0.1) is 6.61 Å². The molecule has 2 N–H and O–H groups in total. The summed E-state index contributed by atoms with van der Waals surface area (Å²) in [5, 5.41) is 11.5. The van der Waals surface area contributed by atoms with Gasteiger partial charge in [-0.05, 0) is 38.1 Å². The number of likely N-dealkylation sites (N-methyl/N-ethyl adjacent to an activating group) is 1. The SMILES string of the molecule is CCN(CCO)C(=O)Nc1ccc(C(C)=O)cc1. The van der Waals surface area contributed by atoms with E-state index in [1.54, 1.807) is 24.3 Å². The number of aliphatic hydroxyl groups excluding tert-OH is 1. The van der Waals surface area contributed by atoms with Gasteiger partial charge in [0.25, 0.3) is 0 Å². The summed E-state index contributed by atoms with van der Waals surface area (Å²) in [4.78, 5) is 24.4. The van der Waals surface area contributed by atoms with Crippen LogP contribution in [0.3, 0.4) is 0 Å². The summed E-state index contributed by atoms with van der Waals surface area (Å²) in [5.41, 5.74) is 1.23. The van der Waals surface area contributed by atoms with E-state index in [1.807, 2.05) is 6.92 Å². The van der Waals surface area contributed by atoms with Crippen molar-refractivity contribution in [2.45, 2.75) is 13.8 Å². The Labute approximate surface area is 106 Å². The molecule has 5 nitrogen and oxygen atoms in total. The molecule has 2 amide bonds. The Morgan fingerprint density at radius 3 is 2.33 bits per heavy atom. The van der Waals surface area contributed by atoms with Crippen LogP contribution in [0.15, 0.2) is 24.3 Å². The summed E-state index contributed by atoms with van der Waals surface area (Å²) in [5.74, 6) is -0.0108. The third kappa shape index (κ3) is 3.85. The molecule has 0 fully saturated rings. The fourth-order valence-electron chi connectivity index (χ4n) is 1.51. The molecule has 98 valence electrons. The summed E-state index contributed by atoms with van der Waals surface area (Å²) in [6, 6.07) is 6.44. The number of hydrogen-bond acceptors (Lipinski definition) is 3. The van der Waals surface area contributed by atoms with Crippen molar-refractivity contribution in [1.82, 2.24) is 4.90 Å². The minimum absolute atomic E-state index is 0.0108. The van der Waals surface area contributed by atoms with E-state index in [2.05, 4.69) is 5.32 Å². The van der Waals surface area contributed by atoms with Gasteiger partial charge in [0.15, 0.2) is 5.78 Å². The lowest BCUT2D eigenvalue weighted by Gasteiger charge is -2.20. The van der Waals surface area contributed by atoms with Gasteiger partial charge in [-0.1, -0.05) is 0 Å². The molecule has 0 spiro atoms. The number of nitrogens with zero attached hydrogens (tertiary/aromatic N) is 1. The second-order valence-corrected chi connectivity index (χ2v) is 3.87. The molecule has 1 aromatic rings. The Morgan fingerprint density at radius 1 is 1.28 bits per heavy atom. The van der Waals surface area contributed by atoms with Crippen molar-refractivity contribution in [2.24, 2.45) is 0 Å². The molecular formula is C13H18N2O3. The van der Waals surface area contributed by atoms with Gasteiger partial charge < -0.3 is 15.3 Å². The standard InChI is InChI=1S/C13H18N2O3/c1-3-15(8-9-16)13(18)14-12-6-4-11(5-7-12)10(2)17/h4-7,16H,3,8-9H2,1-2H3,(H,14,18). The summed E-state index contributed by atoms with van der Waals surface area (Å²) >= 11 is 0. The topological polar surface area (TPSA) is 69.6 Å². The Kier molecular flexibility index (Phi) is 5.32. The molecule has 0 aromatic heterocycles. The number of amides is 2. The summed E-state index contributed by atoms with van der Waals surface area (Å²) < 4.78 is 0. The number of ketones is 1. The number of benzene rings is 1. The average Bonchev–Trinajstić information content (AvgIpc) is 2.36. The van der Waals surface area contributed by atoms with Crippen LogP contribution in [-0.4, -0.2) is 41.5 Å². The van der Waals surface area contributed by atoms with Crippen LogP contribution in [0.25, 0.3) is 0 Å². The lowest BCUT2D eigenvalue weighted by atomic mass is 10.1. The summed E-state index contributed by atoms with van der Waals surface area (Å²) in [6.45, 7) is 4.10. The summed E-state index contributed by atoms with van der Waals surface area (Å²) in [7, 11) is 0. The van der Waals surface area contributed by atoms with Gasteiger partial charge in [-0.25, -0.2) is 4.79 Å². The van der Waals surface area contributed by atoms with Crippen LogP contribution in [-0.2, 0) is 0 Å². The zero-order chi connectivity index (χ0) is 13.5. The molecule has 1 aromatic carbocycles. The van der Waals surface area contributed by atoms with E-state index in [0.717, 1.165) is 0 Å². The number of anilines is 1. The van der Waals surface area contributed by atoms with Crippen LogP contribution >= 0.6 is 0 Å². The van der Waals surface area contributed by atoms with Crippen molar-refractivity contribution in [1.29, 1.82) is 0 Å². The van der Waals surface area contributed by atoms with E-state index in [0.29, 0.717) is 24.3 Å². The molecule has 0 aliphatic heterocycles. The smallest absolute Gasteiger partial charge is 0.321 e. The average molecular weight is 250 g/mol. The van der Waals surface area contributed by atoms with Gasteiger partial charge in [0.2, 0.25) is 0 Å². The molecule has 0 bridgehead atoms. The van der Waals surface area contributed by atoms with E-state index in [-0.39, 0.29) is 18.4 Å². The van der Waals surface area contributed by atoms with Crippen LogP contribution in [0.5, 0.6) is 0 Å². The number of carbonyl (C=O) groups excluding carboxylic acids is 2. The fraction of sp³-hybridized carbons (Fsp3) is 0.385. The molecule has 0 saturated carbocycles. The van der Waals surface area contributed by atoms with Crippen LogP contribution < -0.4 is 5.32 Å². The lowest BCUT2D eigenvalue weighted by molar-refractivity contribution is 0.101. The molecule has 0 unspecified atom stereocenters. The molecule has 18 heavy (non-hydrogen) atoms. The highest BCUT2D eigenvalue weighted by Crippen LogP contribution is 2.10. The first-order chi connectivity index (χ1) is 8.58. The van der Waals surface area contributed by atoms with Gasteiger partial charge in [-0.3, -0.25) is 4.79 Å². The molecule has 0 heterocycles. The maximum atomic E-state index is 11.8. The van der Waals surface area contributed by atoms with E-state index in [1.165, 1.54) is 11.8 Å². The van der Waals surface area contributed by atoms with Crippen molar-refractivity contribution in [3.63, 3.8) is 0 Å². The van der Waals surface area contributed by atoms with Crippen molar-refractivity contribution in [2.75, 3.05) is 25.0 Å². The molecule has 0 atom stereocenters. The lowest BCUT2D eigenvalue weighted by Crippen LogP contribution is -2.36. The molecule has 0 aliphatic carbocycles. The van der Waals surface area contributed by atoms with Crippen LogP contribution in [0.4, 0.5) is 10.5 Å². The van der Waals surface area contributed by atoms with E-state index >= 15 is 0 Å². The Bertz CT molecular complexity index is 415. The Hall–Kier alpha value is -1.88. The highest BCUT2D eigenvalue weighted by atomic mass is 16.3. The van der Waals surface area contributed by atoms with Crippen molar-refractivity contribution in [3.05, 3.63) is 29.8 Å². The van der Waals surface area contributed by atoms with Crippen molar-refractivity contribution >= 4 is 17.5 Å². The summed E-state index contributed by atoms with van der Waals surface area (Å²) in [6.07, 6.45) is 0. The third-order valence-corrected chi connectivity index (χ3v) is 2.58. The second kappa shape index (κ2) is 6.76. The first-order valence-corrected chi connectivity index (χ1v) is 5.86.